The molecule has 0 aliphatic rings. The van der Waals surface area contributed by atoms with Crippen LogP contribution in [0.3, 0.4) is 0 Å². The molecule has 1 N–H and O–H groups in total. The van der Waals surface area contributed by atoms with E-state index in [9.17, 15) is 14.9 Å². The lowest BCUT2D eigenvalue weighted by Crippen LogP contribution is -1.94. The first-order valence-electron chi connectivity index (χ1n) is 4.52. The zero-order chi connectivity index (χ0) is 12.0. The first-order valence-corrected chi connectivity index (χ1v) is 4.52. The molecule has 0 spiro atoms. The van der Waals surface area contributed by atoms with Gasteiger partial charge in [-0.05, 0) is 12.1 Å². The van der Waals surface area contributed by atoms with Gasteiger partial charge in [-0.1, -0.05) is 11.8 Å². The molecule has 0 aliphatic heterocycles. The summed E-state index contributed by atoms with van der Waals surface area (Å²) < 4.78 is 0. The molecule has 1 rings (SSSR count). The Morgan fingerprint density at radius 3 is 2.81 bits per heavy atom. The summed E-state index contributed by atoms with van der Waals surface area (Å²) in [5, 5.41) is 19.0. The third kappa shape index (κ3) is 2.90. The third-order valence-electron chi connectivity index (χ3n) is 1.82. The molecule has 0 aromatic heterocycles. The molecule has 5 heteroatoms. The minimum atomic E-state index is -0.616. The van der Waals surface area contributed by atoms with Crippen molar-refractivity contribution in [3.8, 4) is 11.8 Å². The summed E-state index contributed by atoms with van der Waals surface area (Å²) in [4.78, 5) is 20.5. The number of aldehydes is 1. The normalized spacial score (nSPS) is 9.06. The van der Waals surface area contributed by atoms with Gasteiger partial charge in [0, 0.05) is 18.1 Å². The predicted octanol–water partition coefficient (Wildman–Crippen LogP) is 1.14. The monoisotopic (exact) mass is 219 g/mol. The van der Waals surface area contributed by atoms with Gasteiger partial charge in [0.15, 0.2) is 6.29 Å². The van der Waals surface area contributed by atoms with Crippen LogP contribution < -0.4 is 0 Å². The highest BCUT2D eigenvalue weighted by atomic mass is 16.6. The molecule has 1 aromatic rings. The van der Waals surface area contributed by atoms with Gasteiger partial charge in [-0.25, -0.2) is 0 Å². The van der Waals surface area contributed by atoms with Gasteiger partial charge < -0.3 is 5.11 Å². The molecular weight excluding hydrogens is 210 g/mol. The Labute approximate surface area is 91.9 Å². The summed E-state index contributed by atoms with van der Waals surface area (Å²) in [6.07, 6.45) is 0.753. The Kier molecular flexibility index (Phi) is 4.18. The Morgan fingerprint density at radius 2 is 2.25 bits per heavy atom. The van der Waals surface area contributed by atoms with Crippen LogP contribution in [0.5, 0.6) is 0 Å². The second-order valence-corrected chi connectivity index (χ2v) is 2.92. The standard InChI is InChI=1S/C11H9NO4/c13-6-2-1-3-9-4-5-11(12(15)16)10(7-9)8-14/h4-5,7-8,13H,2,6H2. The summed E-state index contributed by atoms with van der Waals surface area (Å²) in [6.45, 7) is -0.0412. The van der Waals surface area contributed by atoms with Gasteiger partial charge in [-0.2, -0.15) is 0 Å². The number of nitrogens with zero attached hydrogens (tertiary/aromatic N) is 1. The predicted molar refractivity (Wildman–Crippen MR) is 57.1 cm³/mol. The maximum absolute atomic E-state index is 10.6. The van der Waals surface area contributed by atoms with Gasteiger partial charge in [-0.15, -0.1) is 0 Å². The molecule has 0 unspecified atom stereocenters. The minimum absolute atomic E-state index is 0.000739. The number of aliphatic hydroxyl groups is 1. The second-order valence-electron chi connectivity index (χ2n) is 2.92. The summed E-state index contributed by atoms with van der Waals surface area (Å²) in [6, 6.07) is 4.07. The largest absolute Gasteiger partial charge is 0.395 e. The molecule has 82 valence electrons. The number of nitro benzene ring substituents is 1. The molecule has 5 nitrogen and oxygen atoms in total. The lowest BCUT2D eigenvalue weighted by Gasteiger charge is -1.96. The van der Waals surface area contributed by atoms with Crippen LogP contribution in [0.2, 0.25) is 0 Å². The third-order valence-corrected chi connectivity index (χ3v) is 1.82. The molecule has 16 heavy (non-hydrogen) atoms. The number of carbonyl (C=O) groups excluding carboxylic acids is 1. The van der Waals surface area contributed by atoms with Gasteiger partial charge >= 0.3 is 0 Å². The smallest absolute Gasteiger partial charge is 0.279 e. The van der Waals surface area contributed by atoms with E-state index in [1.165, 1.54) is 18.2 Å². The van der Waals surface area contributed by atoms with Crippen LogP contribution >= 0.6 is 0 Å². The van der Waals surface area contributed by atoms with Crippen molar-refractivity contribution in [3.63, 3.8) is 0 Å². The SMILES string of the molecule is O=Cc1cc(C#CCCO)ccc1[N+](=O)[O-]. The van der Waals surface area contributed by atoms with Gasteiger partial charge in [0.1, 0.15) is 0 Å². The molecule has 0 aliphatic carbocycles. The number of benzene rings is 1. The van der Waals surface area contributed by atoms with Crippen LogP contribution in [0.4, 0.5) is 5.69 Å². The van der Waals surface area contributed by atoms with Gasteiger partial charge in [-0.3, -0.25) is 14.9 Å². The Balaban J connectivity index is 3.06. The maximum atomic E-state index is 10.6. The second kappa shape index (κ2) is 5.63. The van der Waals surface area contributed by atoms with Crippen LogP contribution in [0.15, 0.2) is 18.2 Å². The van der Waals surface area contributed by atoms with E-state index >= 15 is 0 Å². The summed E-state index contributed by atoms with van der Waals surface area (Å²) in [7, 11) is 0. The van der Waals surface area contributed by atoms with E-state index in [4.69, 9.17) is 5.11 Å². The number of aliphatic hydroxyl groups excluding tert-OH is 1. The fraction of sp³-hybridized carbons (Fsp3) is 0.182. The Morgan fingerprint density at radius 1 is 1.50 bits per heavy atom. The lowest BCUT2D eigenvalue weighted by molar-refractivity contribution is -0.385. The molecular formula is C11H9NO4. The van der Waals surface area contributed by atoms with E-state index in [1.54, 1.807) is 0 Å². The van der Waals surface area contributed by atoms with Crippen LogP contribution in [0.25, 0.3) is 0 Å². The van der Waals surface area contributed by atoms with E-state index in [0.717, 1.165) is 0 Å². The van der Waals surface area contributed by atoms with E-state index < -0.39 is 4.92 Å². The first kappa shape index (κ1) is 11.9. The fourth-order valence-electron chi connectivity index (χ4n) is 1.11. The molecule has 0 saturated carbocycles. The Bertz CT molecular complexity index is 471. The zero-order valence-corrected chi connectivity index (χ0v) is 8.34. The molecule has 0 amide bonds. The van der Waals surface area contributed by atoms with Gasteiger partial charge in [0.05, 0.1) is 17.1 Å². The number of hydrogen-bond acceptors (Lipinski definition) is 4. The molecule has 0 heterocycles. The highest BCUT2D eigenvalue weighted by Crippen LogP contribution is 2.17. The quantitative estimate of drug-likeness (QED) is 0.358. The maximum Gasteiger partial charge on any atom is 0.279 e. The zero-order valence-electron chi connectivity index (χ0n) is 8.34. The average Bonchev–Trinajstić information content (AvgIpc) is 2.29. The number of nitro groups is 1. The molecule has 0 saturated heterocycles. The topological polar surface area (TPSA) is 80.4 Å². The van der Waals surface area contributed by atoms with Crippen molar-refractivity contribution in [1.82, 2.24) is 0 Å². The number of rotatable bonds is 3. The van der Waals surface area contributed by atoms with Crippen molar-refractivity contribution in [2.24, 2.45) is 0 Å². The van der Waals surface area contributed by atoms with Crippen LogP contribution in [-0.4, -0.2) is 22.9 Å². The van der Waals surface area contributed by atoms with Crippen molar-refractivity contribution >= 4 is 12.0 Å². The molecule has 0 atom stereocenters. The molecule has 1 aromatic carbocycles. The van der Waals surface area contributed by atoms with Crippen molar-refractivity contribution in [3.05, 3.63) is 39.4 Å². The summed E-state index contributed by atoms with van der Waals surface area (Å²) >= 11 is 0. The van der Waals surface area contributed by atoms with E-state index in [1.807, 2.05) is 0 Å². The van der Waals surface area contributed by atoms with Crippen LogP contribution in [0.1, 0.15) is 22.3 Å². The number of hydrogen-bond donors (Lipinski definition) is 1. The first-order chi connectivity index (χ1) is 7.69. The fourth-order valence-corrected chi connectivity index (χ4v) is 1.11. The van der Waals surface area contributed by atoms with Crippen molar-refractivity contribution in [2.45, 2.75) is 6.42 Å². The van der Waals surface area contributed by atoms with Crippen molar-refractivity contribution in [1.29, 1.82) is 0 Å². The highest BCUT2D eigenvalue weighted by molar-refractivity contribution is 5.82. The Hall–Kier alpha value is -2.19. The van der Waals surface area contributed by atoms with Gasteiger partial charge in [0.2, 0.25) is 0 Å². The van der Waals surface area contributed by atoms with E-state index in [0.29, 0.717) is 18.3 Å². The van der Waals surface area contributed by atoms with Crippen molar-refractivity contribution in [2.75, 3.05) is 6.61 Å². The van der Waals surface area contributed by atoms with Crippen LogP contribution in [0, 0.1) is 22.0 Å². The number of carbonyl (C=O) groups is 1. The van der Waals surface area contributed by atoms with Crippen molar-refractivity contribution < 1.29 is 14.8 Å². The van der Waals surface area contributed by atoms with Crippen LogP contribution in [-0.2, 0) is 0 Å². The van der Waals surface area contributed by atoms with E-state index in [-0.39, 0.29) is 17.9 Å². The summed E-state index contributed by atoms with van der Waals surface area (Å²) in [5.41, 5.74) is 0.282. The molecule has 0 radical (unpaired) electrons. The van der Waals surface area contributed by atoms with E-state index in [2.05, 4.69) is 11.8 Å². The highest BCUT2D eigenvalue weighted by Gasteiger charge is 2.12. The minimum Gasteiger partial charge on any atom is -0.395 e. The average molecular weight is 219 g/mol. The van der Waals surface area contributed by atoms with Gasteiger partial charge in [0.25, 0.3) is 5.69 Å². The molecule has 0 bridgehead atoms. The lowest BCUT2D eigenvalue weighted by atomic mass is 10.1. The molecule has 0 fully saturated rings. The summed E-state index contributed by atoms with van der Waals surface area (Å²) in [5.74, 6) is 5.36.